The van der Waals surface area contributed by atoms with E-state index in [1.54, 1.807) is 0 Å². The minimum Gasteiger partial charge on any atom is -0.367 e. The van der Waals surface area contributed by atoms with Gasteiger partial charge in [-0.1, -0.05) is 0 Å². The summed E-state index contributed by atoms with van der Waals surface area (Å²) in [6.45, 7) is 0. The van der Waals surface area contributed by atoms with Gasteiger partial charge in [-0.05, 0) is 0 Å². The Hall–Kier alpha value is 0.942. The first-order chi connectivity index (χ1) is 14.7. The van der Waals surface area contributed by atoms with Crippen LogP contribution in [-0.4, -0.2) is 141 Å². The van der Waals surface area contributed by atoms with Gasteiger partial charge in [-0.2, -0.15) is 0 Å². The van der Waals surface area contributed by atoms with Crippen molar-refractivity contribution in [1.29, 1.82) is 0 Å². The van der Waals surface area contributed by atoms with Gasteiger partial charge in [0.05, 0.1) is 0 Å². The van der Waals surface area contributed by atoms with E-state index in [1.165, 1.54) is 85.3 Å². The summed E-state index contributed by atoms with van der Waals surface area (Å²) in [5, 5.41) is 0. The van der Waals surface area contributed by atoms with E-state index in [-0.39, 0.29) is 21.7 Å². The van der Waals surface area contributed by atoms with Crippen LogP contribution in [0.4, 0.5) is 0 Å². The second-order valence-electron chi connectivity index (χ2n) is 4.54. The Balaban J connectivity index is -0.000000105. The Morgan fingerprint density at radius 3 is 0.333 bits per heavy atom. The number of rotatable bonds is 12. The minimum atomic E-state index is -3.17. The maximum Gasteiger partial charge on any atom is 0.676 e. The summed E-state index contributed by atoms with van der Waals surface area (Å²) in [6, 6.07) is 0. The molecule has 0 atom stereocenters. The molecule has 0 fully saturated rings. The van der Waals surface area contributed by atoms with Crippen LogP contribution in [0.1, 0.15) is 0 Å². The van der Waals surface area contributed by atoms with Crippen molar-refractivity contribution in [3.63, 3.8) is 0 Å². The molecule has 0 amide bonds. The van der Waals surface area contributed by atoms with Gasteiger partial charge in [0, 0.05) is 107 Å². The van der Waals surface area contributed by atoms with Crippen molar-refractivity contribution in [2.24, 2.45) is 0 Å². The first-order valence-electron chi connectivity index (χ1n) is 8.24. The predicted molar refractivity (Wildman–Crippen MR) is 116 cm³/mol. The fourth-order valence-electron chi connectivity index (χ4n) is 1.00. The van der Waals surface area contributed by atoms with E-state index < -0.39 is 36.2 Å². The van der Waals surface area contributed by atoms with Gasteiger partial charge in [0.2, 0.25) is 0 Å². The average Bonchev–Trinajstić information content (AvgIpc) is 2.87. The summed E-state index contributed by atoms with van der Waals surface area (Å²) >= 11 is 0. The van der Waals surface area contributed by atoms with Crippen LogP contribution in [0.5, 0.6) is 0 Å². The molecular weight excluding hydrogens is 560 g/mol. The molecule has 0 aliphatic rings. The van der Waals surface area contributed by atoms with Crippen molar-refractivity contribution in [3.8, 4) is 0 Å². The van der Waals surface area contributed by atoms with Crippen LogP contribution >= 0.6 is 0 Å². The largest absolute Gasteiger partial charge is 0.676 e. The molecule has 16 nitrogen and oxygen atoms in total. The van der Waals surface area contributed by atoms with Gasteiger partial charge in [-0.3, -0.25) is 0 Å². The predicted octanol–water partition coefficient (Wildman–Crippen LogP) is -2.59. The molecule has 0 aromatic carbocycles. The zero-order valence-corrected chi connectivity index (χ0v) is 26.7. The smallest absolute Gasteiger partial charge is 0.367 e. The Morgan fingerprint density at radius 1 is 0.273 bits per heavy atom. The van der Waals surface area contributed by atoms with Gasteiger partial charge >= 0.3 is 36.2 Å². The van der Waals surface area contributed by atoms with Crippen molar-refractivity contribution in [2.75, 3.05) is 85.3 Å². The van der Waals surface area contributed by atoms with Gasteiger partial charge in [0.15, 0.2) is 0 Å². The average molecular weight is 601 g/mol. The maximum atomic E-state index is 8.91. The van der Waals surface area contributed by atoms with E-state index >= 15 is 0 Å². The standard InChI is InChI=1S/4C3H10O4Si.Ti/c4*1-5-8(4,6-2)7-3;/h4*4H,1-3H3;. The molecule has 0 rings (SSSR count). The SMILES string of the molecule is CO[Si](O)(OC)OC.CO[Si](O)(OC)OC.CO[Si](O)(OC)OC.CO[Si](O)(OC)OC.[Ti]. The first kappa shape index (κ1) is 44.0. The maximum absolute atomic E-state index is 8.91. The molecule has 0 saturated carbocycles. The summed E-state index contributed by atoms with van der Waals surface area (Å²) < 4.78 is 53.8. The number of hydrogen-bond donors (Lipinski definition) is 4. The second-order valence-corrected chi connectivity index (χ2v) is 13.6. The van der Waals surface area contributed by atoms with Crippen molar-refractivity contribution >= 4 is 36.2 Å². The third-order valence-corrected chi connectivity index (χ3v) is 9.29. The molecule has 0 aromatic rings. The zero-order chi connectivity index (χ0) is 26.5. The molecule has 204 valence electrons. The second kappa shape index (κ2) is 24.6. The topological polar surface area (TPSA) is 192 Å². The van der Waals surface area contributed by atoms with E-state index in [0.29, 0.717) is 0 Å². The van der Waals surface area contributed by atoms with Crippen LogP contribution in [0.2, 0.25) is 0 Å². The molecule has 0 aliphatic heterocycles. The molecule has 0 aliphatic carbocycles. The fourth-order valence-corrected chi connectivity index (χ4v) is 3.00. The van der Waals surface area contributed by atoms with Crippen LogP contribution in [0.3, 0.4) is 0 Å². The summed E-state index contributed by atoms with van der Waals surface area (Å²) in [5.41, 5.74) is 0. The van der Waals surface area contributed by atoms with Crippen LogP contribution < -0.4 is 0 Å². The molecule has 21 heteroatoms. The van der Waals surface area contributed by atoms with Gasteiger partial charge in [-0.25, -0.2) is 0 Å². The Kier molecular flexibility index (Phi) is 32.8. The molecule has 0 spiro atoms. The van der Waals surface area contributed by atoms with Gasteiger partial charge < -0.3 is 72.3 Å². The molecule has 4 N–H and O–H groups in total. The third kappa shape index (κ3) is 23.1. The van der Waals surface area contributed by atoms with Crippen LogP contribution in [-0.2, 0) is 74.8 Å². The molecule has 0 unspecified atom stereocenters. The number of hydrogen-bond acceptors (Lipinski definition) is 16. The van der Waals surface area contributed by atoms with E-state index in [2.05, 4.69) is 53.1 Å². The van der Waals surface area contributed by atoms with Gasteiger partial charge in [-0.15, -0.1) is 0 Å². The van der Waals surface area contributed by atoms with E-state index in [0.717, 1.165) is 0 Å². The summed E-state index contributed by atoms with van der Waals surface area (Å²) in [7, 11) is 3.31. The van der Waals surface area contributed by atoms with Gasteiger partial charge in [0.1, 0.15) is 0 Å². The molecule has 0 radical (unpaired) electrons. The first-order valence-corrected chi connectivity index (χ1v) is 14.9. The Labute approximate surface area is 215 Å². The summed E-state index contributed by atoms with van der Waals surface area (Å²) in [6.07, 6.45) is 0. The normalized spacial score (nSPS) is 11.6. The Morgan fingerprint density at radius 2 is 0.333 bits per heavy atom. The minimum absolute atomic E-state index is 0. The molecule has 0 heterocycles. The van der Waals surface area contributed by atoms with Crippen molar-refractivity contribution in [3.05, 3.63) is 0 Å². The summed E-state index contributed by atoms with van der Waals surface area (Å²) in [4.78, 5) is 35.6. The van der Waals surface area contributed by atoms with Crippen LogP contribution in [0.25, 0.3) is 0 Å². The van der Waals surface area contributed by atoms with E-state index in [4.69, 9.17) is 19.2 Å². The third-order valence-electron chi connectivity index (χ3n) is 3.10. The zero-order valence-electron chi connectivity index (χ0n) is 21.2. The molecule has 33 heavy (non-hydrogen) atoms. The van der Waals surface area contributed by atoms with E-state index in [1.807, 2.05) is 0 Å². The van der Waals surface area contributed by atoms with Crippen LogP contribution in [0, 0.1) is 0 Å². The monoisotopic (exact) mass is 600 g/mol. The van der Waals surface area contributed by atoms with Crippen molar-refractivity contribution in [1.82, 2.24) is 0 Å². The van der Waals surface area contributed by atoms with Gasteiger partial charge in [0.25, 0.3) is 0 Å². The molecule has 0 bridgehead atoms. The Bertz CT molecular complexity index is 295. The fraction of sp³-hybridized carbons (Fsp3) is 1.00. The molecular formula is C12H40O16Si4Ti. The van der Waals surface area contributed by atoms with E-state index in [9.17, 15) is 0 Å². The molecule has 0 saturated heterocycles. The van der Waals surface area contributed by atoms with Crippen molar-refractivity contribution < 1.29 is 94.0 Å². The van der Waals surface area contributed by atoms with Crippen molar-refractivity contribution in [2.45, 2.75) is 0 Å². The van der Waals surface area contributed by atoms with Crippen LogP contribution in [0.15, 0.2) is 0 Å². The molecule has 0 aromatic heterocycles. The summed E-state index contributed by atoms with van der Waals surface area (Å²) in [5.74, 6) is 0. The quantitative estimate of drug-likeness (QED) is 0.171.